The number of nitrogens with two attached hydrogens (primary N) is 1. The minimum atomic E-state index is -0.495. The molecule has 0 heterocycles. The summed E-state index contributed by atoms with van der Waals surface area (Å²) in [6.45, 7) is 2.26. The Morgan fingerprint density at radius 1 is 0.781 bits per heavy atom. The largest absolute Gasteiger partial charge is 0.366 e. The highest BCUT2D eigenvalue weighted by molar-refractivity contribution is 6.11. The van der Waals surface area contributed by atoms with Crippen LogP contribution in [0.4, 0.5) is 0 Å². The van der Waals surface area contributed by atoms with Crippen molar-refractivity contribution in [2.45, 2.75) is 96.8 Å². The van der Waals surface area contributed by atoms with Crippen LogP contribution in [-0.2, 0) is 0 Å². The van der Waals surface area contributed by atoms with Gasteiger partial charge in [0.2, 0.25) is 5.91 Å². The second-order valence-electron chi connectivity index (χ2n) is 8.87. The zero-order chi connectivity index (χ0) is 23.0. The lowest BCUT2D eigenvalue weighted by molar-refractivity contribution is 0.0980. The molecule has 2 aromatic carbocycles. The van der Waals surface area contributed by atoms with Gasteiger partial charge in [-0.2, -0.15) is 0 Å². The Hall–Kier alpha value is -2.42. The topological polar surface area (TPSA) is 60.2 Å². The Morgan fingerprint density at radius 2 is 1.38 bits per heavy atom. The fraction of sp³-hybridized carbons (Fsp3) is 0.517. The standard InChI is InChI=1S/C29H41NO2/c1-2-3-4-5-6-7-8-9-10-11-12-13-14-15-16-21-28(31)27-23-25(29(30)32)22-24-19-17-18-20-26(24)27/h9-10,17-20,22-23H,2-8,11-16,21H2,1H3,(H2,30,32)/b10-9-. The molecule has 0 aliphatic carbocycles. The number of rotatable bonds is 17. The number of allylic oxidation sites excluding steroid dienone is 2. The first-order chi connectivity index (χ1) is 15.6. The van der Waals surface area contributed by atoms with Crippen LogP contribution in [0.5, 0.6) is 0 Å². The van der Waals surface area contributed by atoms with Crippen molar-refractivity contribution in [3.8, 4) is 0 Å². The molecule has 2 aromatic rings. The van der Waals surface area contributed by atoms with Crippen molar-refractivity contribution >= 4 is 22.5 Å². The van der Waals surface area contributed by atoms with E-state index in [1.807, 2.05) is 24.3 Å². The maximum absolute atomic E-state index is 12.8. The third kappa shape index (κ3) is 9.38. The molecule has 2 N–H and O–H groups in total. The molecule has 0 spiro atoms. The predicted octanol–water partition coefficient (Wildman–Crippen LogP) is 8.16. The van der Waals surface area contributed by atoms with E-state index in [1.165, 1.54) is 70.6 Å². The van der Waals surface area contributed by atoms with Crippen LogP contribution in [0.3, 0.4) is 0 Å². The summed E-state index contributed by atoms with van der Waals surface area (Å²) >= 11 is 0. The summed E-state index contributed by atoms with van der Waals surface area (Å²) < 4.78 is 0. The zero-order valence-corrected chi connectivity index (χ0v) is 19.9. The summed E-state index contributed by atoms with van der Waals surface area (Å²) in [5.41, 5.74) is 6.47. The van der Waals surface area contributed by atoms with Crippen LogP contribution < -0.4 is 5.73 Å². The van der Waals surface area contributed by atoms with Gasteiger partial charge in [0.25, 0.3) is 0 Å². The van der Waals surface area contributed by atoms with Gasteiger partial charge in [-0.25, -0.2) is 0 Å². The average Bonchev–Trinajstić information content (AvgIpc) is 2.80. The monoisotopic (exact) mass is 435 g/mol. The van der Waals surface area contributed by atoms with Gasteiger partial charge in [-0.15, -0.1) is 0 Å². The van der Waals surface area contributed by atoms with Crippen molar-refractivity contribution in [3.63, 3.8) is 0 Å². The molecule has 0 aliphatic heterocycles. The molecule has 0 saturated carbocycles. The molecule has 0 bridgehead atoms. The number of fused-ring (bicyclic) bond motifs is 1. The molecular formula is C29H41NO2. The summed E-state index contributed by atoms with van der Waals surface area (Å²) in [6, 6.07) is 11.1. The van der Waals surface area contributed by atoms with Gasteiger partial charge >= 0.3 is 0 Å². The van der Waals surface area contributed by atoms with Gasteiger partial charge in [0, 0.05) is 17.5 Å². The van der Waals surface area contributed by atoms with Gasteiger partial charge < -0.3 is 5.73 Å². The first-order valence-electron chi connectivity index (χ1n) is 12.6. The number of carbonyl (C=O) groups excluding carboxylic acids is 2. The van der Waals surface area contributed by atoms with Crippen LogP contribution >= 0.6 is 0 Å². The molecule has 174 valence electrons. The fourth-order valence-electron chi connectivity index (χ4n) is 4.17. The van der Waals surface area contributed by atoms with Crippen molar-refractivity contribution in [2.75, 3.05) is 0 Å². The van der Waals surface area contributed by atoms with Gasteiger partial charge in [-0.3, -0.25) is 9.59 Å². The van der Waals surface area contributed by atoms with Crippen LogP contribution in [0.25, 0.3) is 10.8 Å². The molecule has 1 amide bonds. The van der Waals surface area contributed by atoms with E-state index in [2.05, 4.69) is 19.1 Å². The lowest BCUT2D eigenvalue weighted by Crippen LogP contribution is -2.12. The van der Waals surface area contributed by atoms with Crippen LogP contribution in [-0.4, -0.2) is 11.7 Å². The molecule has 32 heavy (non-hydrogen) atoms. The number of hydrogen-bond acceptors (Lipinski definition) is 2. The minimum absolute atomic E-state index is 0.0990. The minimum Gasteiger partial charge on any atom is -0.366 e. The molecule has 0 saturated heterocycles. The van der Waals surface area contributed by atoms with E-state index in [-0.39, 0.29) is 5.78 Å². The Balaban J connectivity index is 1.60. The van der Waals surface area contributed by atoms with Crippen molar-refractivity contribution in [1.82, 2.24) is 0 Å². The molecule has 3 heteroatoms. The molecule has 0 atom stereocenters. The van der Waals surface area contributed by atoms with Gasteiger partial charge in [0.15, 0.2) is 5.78 Å². The van der Waals surface area contributed by atoms with Gasteiger partial charge in [-0.1, -0.05) is 94.7 Å². The Morgan fingerprint density at radius 3 is 2.03 bits per heavy atom. The maximum atomic E-state index is 12.8. The van der Waals surface area contributed by atoms with Crippen LogP contribution in [0, 0.1) is 0 Å². The number of hydrogen-bond donors (Lipinski definition) is 1. The average molecular weight is 436 g/mol. The Labute approximate surface area is 194 Å². The third-order valence-corrected chi connectivity index (χ3v) is 6.11. The molecule has 0 fully saturated rings. The van der Waals surface area contributed by atoms with Gasteiger partial charge in [0.05, 0.1) is 0 Å². The van der Waals surface area contributed by atoms with Crippen LogP contribution in [0.2, 0.25) is 0 Å². The number of amides is 1. The van der Waals surface area contributed by atoms with Crippen molar-refractivity contribution in [2.24, 2.45) is 5.73 Å². The van der Waals surface area contributed by atoms with E-state index >= 15 is 0 Å². The third-order valence-electron chi connectivity index (χ3n) is 6.11. The number of ketones is 1. The molecule has 3 nitrogen and oxygen atoms in total. The Bertz CT molecular complexity index is 869. The second-order valence-corrected chi connectivity index (χ2v) is 8.87. The SMILES string of the molecule is CCCCCCCC/C=C\CCCCCCCC(=O)c1cc(C(N)=O)cc2ccccc12. The number of primary amides is 1. The fourth-order valence-corrected chi connectivity index (χ4v) is 4.17. The normalized spacial score (nSPS) is 11.4. The first kappa shape index (κ1) is 25.8. The van der Waals surface area contributed by atoms with Crippen molar-refractivity contribution in [3.05, 3.63) is 59.7 Å². The number of unbranched alkanes of at least 4 members (excludes halogenated alkanes) is 11. The van der Waals surface area contributed by atoms with E-state index in [1.54, 1.807) is 12.1 Å². The highest BCUT2D eigenvalue weighted by atomic mass is 16.1. The van der Waals surface area contributed by atoms with Gasteiger partial charge in [-0.05, 0) is 55.0 Å². The number of carbonyl (C=O) groups is 2. The summed E-state index contributed by atoms with van der Waals surface area (Å²) in [5.74, 6) is -0.396. The predicted molar refractivity (Wildman–Crippen MR) is 136 cm³/mol. The van der Waals surface area contributed by atoms with Crippen molar-refractivity contribution < 1.29 is 9.59 Å². The van der Waals surface area contributed by atoms with E-state index in [9.17, 15) is 9.59 Å². The van der Waals surface area contributed by atoms with E-state index < -0.39 is 5.91 Å². The first-order valence-corrected chi connectivity index (χ1v) is 12.6. The highest BCUT2D eigenvalue weighted by Gasteiger charge is 2.13. The van der Waals surface area contributed by atoms with Crippen LogP contribution in [0.1, 0.15) is 118 Å². The molecule has 0 aromatic heterocycles. The summed E-state index contributed by atoms with van der Waals surface area (Å²) in [4.78, 5) is 24.4. The molecular weight excluding hydrogens is 394 g/mol. The quantitative estimate of drug-likeness (QED) is 0.155. The molecule has 0 aliphatic rings. The smallest absolute Gasteiger partial charge is 0.248 e. The zero-order valence-electron chi connectivity index (χ0n) is 19.9. The van der Waals surface area contributed by atoms with E-state index in [4.69, 9.17) is 5.73 Å². The number of Topliss-reactive ketones (excluding diaryl/α,β-unsaturated/α-hetero) is 1. The second kappa shape index (κ2) is 15.4. The van der Waals surface area contributed by atoms with Crippen molar-refractivity contribution in [1.29, 1.82) is 0 Å². The maximum Gasteiger partial charge on any atom is 0.248 e. The van der Waals surface area contributed by atoms with Gasteiger partial charge in [0.1, 0.15) is 0 Å². The Kier molecular flexibility index (Phi) is 12.4. The molecule has 0 radical (unpaired) electrons. The van der Waals surface area contributed by atoms with E-state index in [0.717, 1.165) is 23.6 Å². The highest BCUT2D eigenvalue weighted by Crippen LogP contribution is 2.23. The van der Waals surface area contributed by atoms with E-state index in [0.29, 0.717) is 17.5 Å². The lowest BCUT2D eigenvalue weighted by atomic mass is 9.95. The lowest BCUT2D eigenvalue weighted by Gasteiger charge is -2.08. The summed E-state index contributed by atoms with van der Waals surface area (Å²) in [7, 11) is 0. The number of benzene rings is 2. The summed E-state index contributed by atoms with van der Waals surface area (Å²) in [6.07, 6.45) is 21.3. The molecule has 2 rings (SSSR count). The van der Waals surface area contributed by atoms with Crippen LogP contribution in [0.15, 0.2) is 48.6 Å². The molecule has 0 unspecified atom stereocenters. The summed E-state index contributed by atoms with van der Waals surface area (Å²) in [5, 5.41) is 1.78.